The van der Waals surface area contributed by atoms with Crippen LogP contribution in [0.4, 0.5) is 13.2 Å². The maximum atomic E-state index is 12.0. The molecule has 2 rings (SSSR count). The van der Waals surface area contributed by atoms with Crippen LogP contribution in [0.15, 0.2) is 48.5 Å². The number of rotatable bonds is 9. The molecule has 0 saturated carbocycles. The van der Waals surface area contributed by atoms with Crippen LogP contribution >= 0.6 is 0 Å². The summed E-state index contributed by atoms with van der Waals surface area (Å²) in [6.45, 7) is 7.61. The minimum atomic E-state index is -5.17. The highest BCUT2D eigenvalue weighted by Crippen LogP contribution is 2.23. The SMILES string of the molecule is CC(C)(C)c1ccc(COc2ccc(CCNCCC(=O)OC(=O)C(F)(F)F)cc2)cc1. The van der Waals surface area contributed by atoms with Crippen molar-refractivity contribution in [3.63, 3.8) is 0 Å². The van der Waals surface area contributed by atoms with Gasteiger partial charge in [0.05, 0.1) is 6.42 Å². The summed E-state index contributed by atoms with van der Waals surface area (Å²) in [6, 6.07) is 16.0. The molecule has 0 saturated heterocycles. The maximum absolute atomic E-state index is 12.0. The molecule has 0 radical (unpaired) electrons. The fourth-order valence-corrected chi connectivity index (χ4v) is 2.78. The van der Waals surface area contributed by atoms with Crippen molar-refractivity contribution in [2.45, 2.75) is 51.8 Å². The molecule has 2 aromatic rings. The molecule has 0 aliphatic carbocycles. The largest absolute Gasteiger partial charge is 0.491 e. The van der Waals surface area contributed by atoms with Crippen LogP contribution in [0.1, 0.15) is 43.9 Å². The highest BCUT2D eigenvalue weighted by molar-refractivity contribution is 5.88. The second kappa shape index (κ2) is 11.1. The highest BCUT2D eigenvalue weighted by atomic mass is 19.4. The van der Waals surface area contributed by atoms with Gasteiger partial charge in [-0.1, -0.05) is 57.2 Å². The number of hydrogen-bond donors (Lipinski definition) is 1. The molecule has 0 heterocycles. The number of carbonyl (C=O) groups excluding carboxylic acids is 2. The lowest BCUT2D eigenvalue weighted by Gasteiger charge is -2.19. The van der Waals surface area contributed by atoms with Gasteiger partial charge >= 0.3 is 18.1 Å². The van der Waals surface area contributed by atoms with E-state index in [0.717, 1.165) is 16.9 Å². The van der Waals surface area contributed by atoms with Gasteiger partial charge in [-0.05, 0) is 47.2 Å². The molecule has 2 aromatic carbocycles. The number of ether oxygens (including phenoxy) is 2. The summed E-state index contributed by atoms with van der Waals surface area (Å²) in [6.07, 6.45) is -4.84. The monoisotopic (exact) mass is 451 g/mol. The van der Waals surface area contributed by atoms with Gasteiger partial charge in [-0.2, -0.15) is 13.2 Å². The smallest absolute Gasteiger partial charge is 0.489 e. The molecule has 5 nitrogen and oxygen atoms in total. The number of halogens is 3. The Labute approximate surface area is 185 Å². The van der Waals surface area contributed by atoms with Gasteiger partial charge in [-0.15, -0.1) is 0 Å². The summed E-state index contributed by atoms with van der Waals surface area (Å²) in [5.74, 6) is -2.96. The first-order valence-electron chi connectivity index (χ1n) is 10.3. The maximum Gasteiger partial charge on any atom is 0.491 e. The average Bonchev–Trinajstić information content (AvgIpc) is 2.72. The lowest BCUT2D eigenvalue weighted by atomic mass is 9.87. The second-order valence-electron chi connectivity index (χ2n) is 8.39. The van der Waals surface area contributed by atoms with Gasteiger partial charge in [-0.3, -0.25) is 4.79 Å². The molecule has 0 atom stereocenters. The Kier molecular flexibility index (Phi) is 8.83. The Hall–Kier alpha value is -2.87. The average molecular weight is 451 g/mol. The fraction of sp³-hybridized carbons (Fsp3) is 0.417. The van der Waals surface area contributed by atoms with Crippen LogP contribution in [0.25, 0.3) is 0 Å². The first kappa shape index (κ1) is 25.4. The zero-order valence-corrected chi connectivity index (χ0v) is 18.4. The first-order chi connectivity index (χ1) is 14.9. The van der Waals surface area contributed by atoms with Crippen LogP contribution < -0.4 is 10.1 Å². The summed E-state index contributed by atoms with van der Waals surface area (Å²) in [5, 5.41) is 2.93. The van der Waals surface area contributed by atoms with E-state index in [4.69, 9.17) is 4.74 Å². The third kappa shape index (κ3) is 8.70. The fourth-order valence-electron chi connectivity index (χ4n) is 2.78. The second-order valence-corrected chi connectivity index (χ2v) is 8.39. The van der Waals surface area contributed by atoms with Crippen LogP contribution in [-0.4, -0.2) is 31.2 Å². The van der Waals surface area contributed by atoms with Gasteiger partial charge < -0.3 is 14.8 Å². The van der Waals surface area contributed by atoms with Crippen LogP contribution in [0.3, 0.4) is 0 Å². The van der Waals surface area contributed by atoms with Gasteiger partial charge in [0, 0.05) is 6.54 Å². The van der Waals surface area contributed by atoms with Crippen molar-refractivity contribution in [3.05, 3.63) is 65.2 Å². The molecule has 0 aliphatic heterocycles. The van der Waals surface area contributed by atoms with Crippen molar-refractivity contribution >= 4 is 11.9 Å². The standard InChI is InChI=1S/C24H28F3NO4/c1-23(2,3)19-8-4-18(5-9-19)16-31-20-10-6-17(7-11-20)12-14-28-15-13-21(29)32-22(30)24(25,26)27/h4-11,28H,12-16H2,1-3H3. The van der Waals surface area contributed by atoms with Crippen molar-refractivity contribution in [1.82, 2.24) is 5.32 Å². The van der Waals surface area contributed by atoms with Crippen molar-refractivity contribution in [2.75, 3.05) is 13.1 Å². The number of nitrogens with one attached hydrogen (secondary N) is 1. The lowest BCUT2D eigenvalue weighted by molar-refractivity contribution is -0.201. The van der Waals surface area contributed by atoms with E-state index in [1.807, 2.05) is 24.3 Å². The third-order valence-corrected chi connectivity index (χ3v) is 4.68. The van der Waals surface area contributed by atoms with Crippen molar-refractivity contribution in [3.8, 4) is 5.75 Å². The molecule has 8 heteroatoms. The first-order valence-corrected chi connectivity index (χ1v) is 10.3. The van der Waals surface area contributed by atoms with Gasteiger partial charge in [0.1, 0.15) is 12.4 Å². The lowest BCUT2D eigenvalue weighted by Crippen LogP contribution is -2.29. The summed E-state index contributed by atoms with van der Waals surface area (Å²) in [7, 11) is 0. The van der Waals surface area contributed by atoms with Crippen molar-refractivity contribution in [1.29, 1.82) is 0 Å². The molecular weight excluding hydrogens is 423 g/mol. The van der Waals surface area contributed by atoms with Crippen molar-refractivity contribution < 1.29 is 32.2 Å². The van der Waals surface area contributed by atoms with Gasteiger partial charge in [0.15, 0.2) is 0 Å². The van der Waals surface area contributed by atoms with E-state index in [0.29, 0.717) is 19.6 Å². The van der Waals surface area contributed by atoms with Crippen LogP contribution in [0.5, 0.6) is 5.75 Å². The number of esters is 2. The summed E-state index contributed by atoms with van der Waals surface area (Å²) >= 11 is 0. The van der Waals surface area contributed by atoms with Crippen LogP contribution in [0, 0.1) is 0 Å². The number of alkyl halides is 3. The molecule has 1 N–H and O–H groups in total. The molecule has 0 aliphatic rings. The normalized spacial score (nSPS) is 11.8. The summed E-state index contributed by atoms with van der Waals surface area (Å²) < 4.78 is 45.6. The molecule has 174 valence electrons. The quantitative estimate of drug-likeness (QED) is 0.340. The Morgan fingerprint density at radius 2 is 1.47 bits per heavy atom. The molecule has 0 unspecified atom stereocenters. The van der Waals surface area contributed by atoms with Crippen LogP contribution in [-0.2, 0) is 32.8 Å². The topological polar surface area (TPSA) is 64.6 Å². The number of benzene rings is 2. The summed E-state index contributed by atoms with van der Waals surface area (Å²) in [5.41, 5.74) is 3.50. The highest BCUT2D eigenvalue weighted by Gasteiger charge is 2.42. The van der Waals surface area contributed by atoms with Gasteiger partial charge in [0.2, 0.25) is 0 Å². The molecule has 32 heavy (non-hydrogen) atoms. The van der Waals surface area contributed by atoms with E-state index in [9.17, 15) is 22.8 Å². The van der Waals surface area contributed by atoms with E-state index >= 15 is 0 Å². The van der Waals surface area contributed by atoms with Gasteiger partial charge in [-0.25, -0.2) is 4.79 Å². The van der Waals surface area contributed by atoms with Crippen molar-refractivity contribution in [2.24, 2.45) is 0 Å². The zero-order chi connectivity index (χ0) is 23.8. The molecule has 0 amide bonds. The molecule has 0 bridgehead atoms. The molecule has 0 aromatic heterocycles. The van der Waals surface area contributed by atoms with E-state index < -0.39 is 18.1 Å². The predicted octanol–water partition coefficient (Wildman–Crippen LogP) is 4.72. The van der Waals surface area contributed by atoms with E-state index in [1.165, 1.54) is 5.56 Å². The Morgan fingerprint density at radius 3 is 2.03 bits per heavy atom. The summed E-state index contributed by atoms with van der Waals surface area (Å²) in [4.78, 5) is 21.8. The predicted molar refractivity (Wildman–Crippen MR) is 114 cm³/mol. The Morgan fingerprint density at radius 1 is 0.875 bits per heavy atom. The van der Waals surface area contributed by atoms with E-state index in [1.54, 1.807) is 0 Å². The number of hydrogen-bond acceptors (Lipinski definition) is 5. The molecule has 0 fully saturated rings. The Balaban J connectivity index is 1.66. The number of carbonyl (C=O) groups is 2. The minimum absolute atomic E-state index is 0.110. The zero-order valence-electron chi connectivity index (χ0n) is 18.4. The van der Waals surface area contributed by atoms with Gasteiger partial charge in [0.25, 0.3) is 0 Å². The molecular formula is C24H28F3NO4. The Bertz CT molecular complexity index is 885. The van der Waals surface area contributed by atoms with E-state index in [-0.39, 0.29) is 18.4 Å². The van der Waals surface area contributed by atoms with E-state index in [2.05, 4.69) is 55.1 Å². The van der Waals surface area contributed by atoms with Crippen LogP contribution in [0.2, 0.25) is 0 Å². The molecule has 0 spiro atoms. The third-order valence-electron chi connectivity index (χ3n) is 4.68. The minimum Gasteiger partial charge on any atom is -0.489 e.